The second-order valence-electron chi connectivity index (χ2n) is 8.41. The number of rotatable bonds is 8. The van der Waals surface area contributed by atoms with Crippen LogP contribution in [-0.4, -0.2) is 50.0 Å². The summed E-state index contributed by atoms with van der Waals surface area (Å²) in [5.74, 6) is -0.156. The molecule has 0 aliphatic rings. The molecule has 0 aliphatic carbocycles. The van der Waals surface area contributed by atoms with Crippen molar-refractivity contribution in [2.45, 2.75) is 45.5 Å². The summed E-state index contributed by atoms with van der Waals surface area (Å²) in [6.07, 6.45) is 2.86. The second kappa shape index (κ2) is 9.60. The number of nitrogens with zero attached hydrogens (tertiary/aromatic N) is 4. The predicted molar refractivity (Wildman–Crippen MR) is 125 cm³/mol. The molecule has 33 heavy (non-hydrogen) atoms. The first kappa shape index (κ1) is 24.2. The number of carbonyl (C=O) groups excluding carboxylic acids is 1. The summed E-state index contributed by atoms with van der Waals surface area (Å²) in [6, 6.07) is 5.24. The Morgan fingerprint density at radius 1 is 1.36 bits per heavy atom. The Labute approximate surface area is 195 Å². The molecule has 4 N–H and O–H groups in total. The van der Waals surface area contributed by atoms with Gasteiger partial charge >= 0.3 is 0 Å². The molecular weight excluding hydrogens is 449 g/mol. The molecule has 3 rings (SSSR count). The maximum Gasteiger partial charge on any atom is 0.255 e. The molecule has 9 nitrogen and oxygen atoms in total. The fraction of sp³-hybridized carbons (Fsp3) is 0.364. The van der Waals surface area contributed by atoms with Crippen molar-refractivity contribution in [3.8, 4) is 6.07 Å². The van der Waals surface area contributed by atoms with Crippen LogP contribution < -0.4 is 16.0 Å². The molecule has 0 radical (unpaired) electrons. The van der Waals surface area contributed by atoms with Crippen molar-refractivity contribution in [1.82, 2.24) is 19.9 Å². The SMILES string of the molecule is CC(C)Nc1c(C(=O)NCC(F)C(C)(C)O)cnn2cc(Nc3ncc(C#N)cc3Cl)cc12. The van der Waals surface area contributed by atoms with Crippen LogP contribution in [0.1, 0.15) is 43.6 Å². The minimum Gasteiger partial charge on any atom is -0.387 e. The lowest BCUT2D eigenvalue weighted by Crippen LogP contribution is -2.42. The first-order valence-electron chi connectivity index (χ1n) is 10.2. The number of anilines is 3. The molecule has 0 bridgehead atoms. The highest BCUT2D eigenvalue weighted by Gasteiger charge is 2.27. The van der Waals surface area contributed by atoms with Crippen LogP contribution >= 0.6 is 11.6 Å². The summed E-state index contributed by atoms with van der Waals surface area (Å²) < 4.78 is 15.7. The predicted octanol–water partition coefficient (Wildman–Crippen LogP) is 3.66. The first-order chi connectivity index (χ1) is 15.5. The van der Waals surface area contributed by atoms with Crippen molar-refractivity contribution in [3.05, 3.63) is 46.9 Å². The smallest absolute Gasteiger partial charge is 0.255 e. The molecule has 0 saturated carbocycles. The molecule has 1 amide bonds. The molecule has 0 fully saturated rings. The number of carbonyl (C=O) groups is 1. The number of halogens is 2. The maximum atomic E-state index is 14.1. The monoisotopic (exact) mass is 473 g/mol. The zero-order valence-electron chi connectivity index (χ0n) is 18.6. The topological polar surface area (TPSA) is 127 Å². The highest BCUT2D eigenvalue weighted by atomic mass is 35.5. The lowest BCUT2D eigenvalue weighted by atomic mass is 10.0. The summed E-state index contributed by atoms with van der Waals surface area (Å²) in [5, 5.41) is 32.2. The van der Waals surface area contributed by atoms with E-state index < -0.39 is 17.7 Å². The second-order valence-corrected chi connectivity index (χ2v) is 8.82. The number of pyridine rings is 1. The lowest BCUT2D eigenvalue weighted by molar-refractivity contribution is -0.00177. The number of amides is 1. The Morgan fingerprint density at radius 3 is 2.70 bits per heavy atom. The average molecular weight is 474 g/mol. The van der Waals surface area contributed by atoms with Gasteiger partial charge in [0.25, 0.3) is 5.91 Å². The van der Waals surface area contributed by atoms with E-state index in [1.54, 1.807) is 16.8 Å². The molecule has 3 heterocycles. The number of nitrogens with one attached hydrogen (secondary N) is 3. The van der Waals surface area contributed by atoms with Crippen LogP contribution in [0, 0.1) is 11.3 Å². The number of hydrogen-bond acceptors (Lipinski definition) is 7. The van der Waals surface area contributed by atoms with Gasteiger partial charge in [-0.25, -0.2) is 13.9 Å². The third-order valence-electron chi connectivity index (χ3n) is 4.76. The Bertz CT molecular complexity index is 1210. The van der Waals surface area contributed by atoms with Gasteiger partial charge in [-0.15, -0.1) is 0 Å². The molecule has 3 aromatic rings. The summed E-state index contributed by atoms with van der Waals surface area (Å²) in [7, 11) is 0. The third-order valence-corrected chi connectivity index (χ3v) is 5.04. The normalized spacial score (nSPS) is 12.5. The zero-order valence-corrected chi connectivity index (χ0v) is 19.4. The van der Waals surface area contributed by atoms with Crippen LogP contribution in [0.25, 0.3) is 5.52 Å². The van der Waals surface area contributed by atoms with E-state index in [-0.39, 0.29) is 23.2 Å². The summed E-state index contributed by atoms with van der Waals surface area (Å²) in [5.41, 5.74) is 0.728. The Balaban J connectivity index is 1.93. The molecule has 174 valence electrons. The van der Waals surface area contributed by atoms with Gasteiger partial charge in [0.1, 0.15) is 18.1 Å². The summed E-state index contributed by atoms with van der Waals surface area (Å²) in [6.45, 7) is 6.19. The highest BCUT2D eigenvalue weighted by molar-refractivity contribution is 6.33. The molecule has 0 aliphatic heterocycles. The van der Waals surface area contributed by atoms with E-state index >= 15 is 0 Å². The molecule has 3 aromatic heterocycles. The summed E-state index contributed by atoms with van der Waals surface area (Å²) >= 11 is 6.20. The quantitative estimate of drug-likeness (QED) is 0.393. The van der Waals surface area contributed by atoms with Crippen molar-refractivity contribution in [1.29, 1.82) is 5.26 Å². The van der Waals surface area contributed by atoms with Gasteiger partial charge in [0.15, 0.2) is 0 Å². The number of hydrogen-bond donors (Lipinski definition) is 4. The van der Waals surface area contributed by atoms with Gasteiger partial charge in [-0.2, -0.15) is 10.4 Å². The van der Waals surface area contributed by atoms with Crippen LogP contribution in [0.4, 0.5) is 21.6 Å². The largest absolute Gasteiger partial charge is 0.387 e. The number of aliphatic hydroxyl groups is 1. The van der Waals surface area contributed by atoms with E-state index in [0.717, 1.165) is 0 Å². The van der Waals surface area contributed by atoms with Gasteiger partial charge in [0.05, 0.1) is 57.6 Å². The molecule has 11 heteroatoms. The van der Waals surface area contributed by atoms with Gasteiger partial charge in [0.2, 0.25) is 0 Å². The molecule has 1 unspecified atom stereocenters. The van der Waals surface area contributed by atoms with Crippen LogP contribution in [0.3, 0.4) is 0 Å². The summed E-state index contributed by atoms with van der Waals surface area (Å²) in [4.78, 5) is 17.0. The van der Waals surface area contributed by atoms with E-state index in [9.17, 15) is 14.3 Å². The molecule has 1 atom stereocenters. The van der Waals surface area contributed by atoms with Crippen LogP contribution in [-0.2, 0) is 0 Å². The van der Waals surface area contributed by atoms with Crippen LogP contribution in [0.15, 0.2) is 30.7 Å². The van der Waals surface area contributed by atoms with Crippen LogP contribution in [0.5, 0.6) is 0 Å². The van der Waals surface area contributed by atoms with E-state index in [0.29, 0.717) is 28.3 Å². The Morgan fingerprint density at radius 2 is 2.09 bits per heavy atom. The maximum absolute atomic E-state index is 14.1. The third kappa shape index (κ3) is 5.69. The average Bonchev–Trinajstić information content (AvgIpc) is 3.15. The van der Waals surface area contributed by atoms with Crippen molar-refractivity contribution >= 4 is 40.2 Å². The Hall–Kier alpha value is -3.42. The van der Waals surface area contributed by atoms with Crippen LogP contribution in [0.2, 0.25) is 5.02 Å². The fourth-order valence-corrected chi connectivity index (χ4v) is 3.21. The fourth-order valence-electron chi connectivity index (χ4n) is 2.99. The van der Waals surface area contributed by atoms with Gasteiger partial charge in [-0.05, 0) is 39.8 Å². The lowest BCUT2D eigenvalue weighted by Gasteiger charge is -2.23. The van der Waals surface area contributed by atoms with E-state index in [2.05, 4.69) is 26.0 Å². The van der Waals surface area contributed by atoms with Gasteiger partial charge in [-0.1, -0.05) is 11.6 Å². The van der Waals surface area contributed by atoms with Crippen molar-refractivity contribution in [2.75, 3.05) is 17.2 Å². The van der Waals surface area contributed by atoms with Gasteiger partial charge in [0, 0.05) is 12.2 Å². The zero-order chi connectivity index (χ0) is 24.3. The Kier molecular flexibility index (Phi) is 7.05. The van der Waals surface area contributed by atoms with E-state index in [4.69, 9.17) is 16.9 Å². The standard InChI is InChI=1S/C22H25ClFN7O2/c1-12(2)29-19-15(21(32)27-10-18(24)22(3,4)33)9-28-31-11-14(6-17(19)31)30-20-16(23)5-13(7-25)8-26-20/h5-6,8-9,11-12,18,29,33H,10H2,1-4H3,(H,26,30)(H,27,32). The molecule has 0 aromatic carbocycles. The van der Waals surface area contributed by atoms with E-state index in [1.165, 1.54) is 32.3 Å². The number of aromatic nitrogens is 3. The molecule has 0 saturated heterocycles. The van der Waals surface area contributed by atoms with Gasteiger partial charge < -0.3 is 21.1 Å². The molecular formula is C22H25ClFN7O2. The minimum atomic E-state index is -1.63. The minimum absolute atomic E-state index is 0.00556. The highest BCUT2D eigenvalue weighted by Crippen LogP contribution is 2.29. The number of nitriles is 1. The van der Waals surface area contributed by atoms with Crippen molar-refractivity contribution in [2.24, 2.45) is 0 Å². The van der Waals surface area contributed by atoms with Crippen molar-refractivity contribution in [3.63, 3.8) is 0 Å². The van der Waals surface area contributed by atoms with Gasteiger partial charge in [-0.3, -0.25) is 4.79 Å². The number of alkyl halides is 1. The molecule has 0 spiro atoms. The first-order valence-corrected chi connectivity index (χ1v) is 10.6. The van der Waals surface area contributed by atoms with Crippen molar-refractivity contribution < 1.29 is 14.3 Å². The number of fused-ring (bicyclic) bond motifs is 1. The van der Waals surface area contributed by atoms with E-state index in [1.807, 2.05) is 19.9 Å².